The van der Waals surface area contributed by atoms with Crippen LogP contribution in [-0.2, 0) is 11.3 Å². The number of rotatable bonds is 4. The van der Waals surface area contributed by atoms with Gasteiger partial charge in [-0.25, -0.2) is 0 Å². The van der Waals surface area contributed by atoms with E-state index in [9.17, 15) is 14.9 Å². The zero-order valence-electron chi connectivity index (χ0n) is 13.5. The van der Waals surface area contributed by atoms with Crippen LogP contribution in [0.25, 0.3) is 0 Å². The molecule has 2 aromatic heterocycles. The van der Waals surface area contributed by atoms with Gasteiger partial charge in [0.05, 0.1) is 12.2 Å². The number of fused-ring (bicyclic) bond motifs is 1. The zero-order chi connectivity index (χ0) is 17.4. The fraction of sp³-hybridized carbons (Fsp3) is 0.400. The molecule has 3 rings (SSSR count). The van der Waals surface area contributed by atoms with Crippen molar-refractivity contribution >= 4 is 17.5 Å². The number of carbonyl (C=O) groups excluding carboxylic acids is 1. The molecule has 0 aromatic carbocycles. The van der Waals surface area contributed by atoms with Crippen LogP contribution in [0.1, 0.15) is 30.4 Å². The van der Waals surface area contributed by atoms with Crippen LogP contribution in [0.2, 0.25) is 0 Å². The van der Waals surface area contributed by atoms with Gasteiger partial charge in [-0.05, 0) is 36.2 Å². The summed E-state index contributed by atoms with van der Waals surface area (Å²) >= 11 is 0. The molecule has 0 N–H and O–H groups in total. The molecule has 2 aromatic rings. The van der Waals surface area contributed by atoms with Gasteiger partial charge in [-0.2, -0.15) is 0 Å². The van der Waals surface area contributed by atoms with Gasteiger partial charge >= 0.3 is 5.82 Å². The Morgan fingerprint density at radius 3 is 2.71 bits per heavy atom. The second-order valence-corrected chi connectivity index (χ2v) is 5.49. The normalized spacial score (nSPS) is 16.7. The molecule has 9 nitrogen and oxygen atoms in total. The van der Waals surface area contributed by atoms with Crippen LogP contribution in [0.15, 0.2) is 16.7 Å². The van der Waals surface area contributed by atoms with Crippen molar-refractivity contribution in [3.05, 3.63) is 39.3 Å². The van der Waals surface area contributed by atoms with Crippen LogP contribution in [-0.4, -0.2) is 27.1 Å². The van der Waals surface area contributed by atoms with Crippen molar-refractivity contribution in [2.24, 2.45) is 0 Å². The van der Waals surface area contributed by atoms with Crippen molar-refractivity contribution < 1.29 is 19.0 Å². The fourth-order valence-corrected chi connectivity index (χ4v) is 2.59. The molecule has 0 fully saturated rings. The molecule has 24 heavy (non-hydrogen) atoms. The standard InChI is InChI=1S/C15H16N4O5/c1-4-11-15(20)18(7-10-8(2)17-24-9(10)3)14-12(23-11)5-6-13(16-14)19(21)22/h5-6,11H,4,7H2,1-3H3. The quantitative estimate of drug-likeness (QED) is 0.623. The van der Waals surface area contributed by atoms with Gasteiger partial charge in [-0.1, -0.05) is 12.1 Å². The molecule has 0 saturated carbocycles. The molecule has 9 heteroatoms. The minimum absolute atomic E-state index is 0.138. The molecule has 0 radical (unpaired) electrons. The van der Waals surface area contributed by atoms with Crippen LogP contribution < -0.4 is 9.64 Å². The number of ether oxygens (including phenoxy) is 1. The maximum Gasteiger partial charge on any atom is 0.366 e. The van der Waals surface area contributed by atoms with E-state index in [1.807, 2.05) is 6.92 Å². The molecule has 0 aliphatic carbocycles. The highest BCUT2D eigenvalue weighted by Gasteiger charge is 2.38. The Morgan fingerprint density at radius 2 is 2.12 bits per heavy atom. The number of hydrogen-bond donors (Lipinski definition) is 0. The molecule has 126 valence electrons. The number of nitrogens with zero attached hydrogens (tertiary/aromatic N) is 4. The predicted octanol–water partition coefficient (Wildman–Crippen LogP) is 2.30. The highest BCUT2D eigenvalue weighted by atomic mass is 16.6. The number of pyridine rings is 1. The van der Waals surface area contributed by atoms with E-state index in [0.717, 1.165) is 5.56 Å². The Morgan fingerprint density at radius 1 is 1.38 bits per heavy atom. The third-order valence-corrected chi connectivity index (χ3v) is 3.95. The largest absolute Gasteiger partial charge is 0.474 e. The fourth-order valence-electron chi connectivity index (χ4n) is 2.59. The first kappa shape index (κ1) is 15.9. The van der Waals surface area contributed by atoms with Crippen LogP contribution in [0.4, 0.5) is 11.6 Å². The summed E-state index contributed by atoms with van der Waals surface area (Å²) in [6.07, 6.45) is -0.172. The summed E-state index contributed by atoms with van der Waals surface area (Å²) in [5.74, 6) is 0.436. The van der Waals surface area contributed by atoms with E-state index in [-0.39, 0.29) is 24.1 Å². The lowest BCUT2D eigenvalue weighted by molar-refractivity contribution is -0.389. The van der Waals surface area contributed by atoms with E-state index in [1.54, 1.807) is 13.8 Å². The lowest BCUT2D eigenvalue weighted by atomic mass is 10.1. The van der Waals surface area contributed by atoms with Crippen LogP contribution in [0, 0.1) is 24.0 Å². The number of aryl methyl sites for hydroxylation is 2. The lowest BCUT2D eigenvalue weighted by Gasteiger charge is -2.30. The minimum atomic E-state index is -0.652. The smallest absolute Gasteiger partial charge is 0.366 e. The Bertz CT molecular complexity index is 797. The van der Waals surface area contributed by atoms with Gasteiger partial charge in [-0.3, -0.25) is 9.69 Å². The topological polar surface area (TPSA) is 112 Å². The van der Waals surface area contributed by atoms with E-state index >= 15 is 0 Å². The Labute approximate surface area is 137 Å². The number of anilines is 1. The number of amides is 1. The molecular weight excluding hydrogens is 316 g/mol. The maximum atomic E-state index is 12.7. The van der Waals surface area contributed by atoms with Gasteiger partial charge in [0, 0.05) is 11.6 Å². The van der Waals surface area contributed by atoms with Crippen LogP contribution in [0.3, 0.4) is 0 Å². The van der Waals surface area contributed by atoms with Crippen molar-refractivity contribution in [1.29, 1.82) is 0 Å². The second-order valence-electron chi connectivity index (χ2n) is 5.49. The molecule has 0 spiro atoms. The molecule has 0 saturated heterocycles. The Kier molecular flexibility index (Phi) is 3.92. The summed E-state index contributed by atoms with van der Waals surface area (Å²) in [5, 5.41) is 14.9. The highest BCUT2D eigenvalue weighted by molar-refractivity contribution is 5.99. The molecule has 1 aliphatic heterocycles. The van der Waals surface area contributed by atoms with Gasteiger partial charge in [0.2, 0.25) is 0 Å². The first-order valence-electron chi connectivity index (χ1n) is 7.47. The molecule has 0 bridgehead atoms. The average molecular weight is 332 g/mol. The van der Waals surface area contributed by atoms with Crippen molar-refractivity contribution in [2.75, 3.05) is 4.90 Å². The van der Waals surface area contributed by atoms with Crippen LogP contribution >= 0.6 is 0 Å². The summed E-state index contributed by atoms with van der Waals surface area (Å²) in [7, 11) is 0. The molecule has 3 heterocycles. The molecule has 1 amide bonds. The zero-order valence-corrected chi connectivity index (χ0v) is 13.5. The van der Waals surface area contributed by atoms with Crippen LogP contribution in [0.5, 0.6) is 5.75 Å². The van der Waals surface area contributed by atoms with E-state index in [0.29, 0.717) is 23.6 Å². The summed E-state index contributed by atoms with van der Waals surface area (Å²) in [6.45, 7) is 5.52. The van der Waals surface area contributed by atoms with E-state index in [2.05, 4.69) is 10.1 Å². The maximum absolute atomic E-state index is 12.7. The first-order chi connectivity index (χ1) is 11.4. The molecular formula is C15H16N4O5. The van der Waals surface area contributed by atoms with Crippen molar-refractivity contribution in [3.8, 4) is 5.75 Å². The van der Waals surface area contributed by atoms with E-state index in [4.69, 9.17) is 9.26 Å². The molecule has 1 aliphatic rings. The Hall–Kier alpha value is -2.97. The number of nitro groups is 1. The highest BCUT2D eigenvalue weighted by Crippen LogP contribution is 2.36. The Balaban J connectivity index is 2.07. The van der Waals surface area contributed by atoms with Crippen molar-refractivity contribution in [3.63, 3.8) is 0 Å². The van der Waals surface area contributed by atoms with Gasteiger partial charge in [0.15, 0.2) is 11.9 Å². The van der Waals surface area contributed by atoms with Gasteiger partial charge in [0.25, 0.3) is 11.7 Å². The minimum Gasteiger partial charge on any atom is -0.474 e. The molecule has 1 unspecified atom stereocenters. The van der Waals surface area contributed by atoms with Crippen molar-refractivity contribution in [1.82, 2.24) is 10.1 Å². The summed E-state index contributed by atoms with van der Waals surface area (Å²) in [5.41, 5.74) is 1.41. The van der Waals surface area contributed by atoms with Crippen molar-refractivity contribution in [2.45, 2.75) is 39.8 Å². The monoisotopic (exact) mass is 332 g/mol. The van der Waals surface area contributed by atoms with Gasteiger partial charge in [0.1, 0.15) is 5.76 Å². The second kappa shape index (κ2) is 5.91. The van der Waals surface area contributed by atoms with E-state index < -0.39 is 11.0 Å². The number of hydrogen-bond acceptors (Lipinski definition) is 7. The lowest BCUT2D eigenvalue weighted by Crippen LogP contribution is -2.45. The molecule has 1 atom stereocenters. The van der Waals surface area contributed by atoms with Gasteiger partial charge < -0.3 is 19.4 Å². The van der Waals surface area contributed by atoms with Gasteiger partial charge in [-0.15, -0.1) is 0 Å². The summed E-state index contributed by atoms with van der Waals surface area (Å²) < 4.78 is 10.7. The number of aromatic nitrogens is 2. The van der Waals surface area contributed by atoms with E-state index in [1.165, 1.54) is 17.0 Å². The summed E-state index contributed by atoms with van der Waals surface area (Å²) in [6, 6.07) is 2.73. The SMILES string of the molecule is CCC1Oc2ccc([N+](=O)[O-])nc2N(Cc2c(C)noc2C)C1=O. The third-order valence-electron chi connectivity index (χ3n) is 3.95. The predicted molar refractivity (Wildman–Crippen MR) is 82.8 cm³/mol. The average Bonchev–Trinajstić information content (AvgIpc) is 2.88. The summed E-state index contributed by atoms with van der Waals surface area (Å²) in [4.78, 5) is 28.5. The first-order valence-corrected chi connectivity index (χ1v) is 7.47. The number of carbonyl (C=O) groups is 1. The third kappa shape index (κ3) is 2.57.